The van der Waals surface area contributed by atoms with E-state index in [-0.39, 0.29) is 0 Å². The molecule has 0 atom stereocenters. The summed E-state index contributed by atoms with van der Waals surface area (Å²) in [6.07, 6.45) is 0. The second-order valence-corrected chi connectivity index (χ2v) is 16.5. The van der Waals surface area contributed by atoms with Gasteiger partial charge in [-0.05, 0) is 89.0 Å². The van der Waals surface area contributed by atoms with Crippen LogP contribution in [0.1, 0.15) is 22.3 Å². The molecule has 2 aliphatic heterocycles. The van der Waals surface area contributed by atoms with Gasteiger partial charge in [-0.15, -0.1) is 0 Å². The first kappa shape index (κ1) is 36.1. The quantitative estimate of drug-likeness (QED) is 0.173. The maximum Gasteiger partial charge on any atom is 0.235 e. The SMILES string of the molecule is c1ccc(-c2cc(-c3ccccc3)nc(N3c4ccccc4C4(c5ccccc5Oc5ccccc54)c4cc(-c5ccc6c(c5)c5ccccc5n6-c5ccccc5)ccc43)n2)cc1. The summed E-state index contributed by atoms with van der Waals surface area (Å²) in [5.41, 5.74) is 15.2. The van der Waals surface area contributed by atoms with Crippen LogP contribution in [-0.4, -0.2) is 14.5 Å². The molecule has 1 spiro atoms. The average molecular weight is 819 g/mol. The van der Waals surface area contributed by atoms with E-state index in [2.05, 4.69) is 228 Å². The molecule has 0 bridgehead atoms. The molecule has 0 N–H and O–H groups in total. The van der Waals surface area contributed by atoms with Gasteiger partial charge in [0.2, 0.25) is 5.95 Å². The Bertz CT molecular complexity index is 3500. The number of hydrogen-bond acceptors (Lipinski definition) is 4. The first-order valence-electron chi connectivity index (χ1n) is 21.7. The summed E-state index contributed by atoms with van der Waals surface area (Å²) in [6, 6.07) is 81.9. The van der Waals surface area contributed by atoms with Crippen LogP contribution < -0.4 is 9.64 Å². The Morgan fingerprint density at radius 1 is 0.359 bits per heavy atom. The molecular weight excluding hydrogens is 781 g/mol. The summed E-state index contributed by atoms with van der Waals surface area (Å²) in [5, 5.41) is 2.42. The van der Waals surface area contributed by atoms with E-state index < -0.39 is 5.41 Å². The normalized spacial score (nSPS) is 13.2. The van der Waals surface area contributed by atoms with Crippen LogP contribution in [0.2, 0.25) is 0 Å². The highest BCUT2D eigenvalue weighted by Crippen LogP contribution is 2.63. The minimum Gasteiger partial charge on any atom is -0.457 e. The molecule has 64 heavy (non-hydrogen) atoms. The van der Waals surface area contributed by atoms with E-state index in [0.717, 1.165) is 84.5 Å². The van der Waals surface area contributed by atoms with Gasteiger partial charge >= 0.3 is 0 Å². The Morgan fingerprint density at radius 2 is 0.875 bits per heavy atom. The van der Waals surface area contributed by atoms with E-state index in [1.165, 1.54) is 21.8 Å². The van der Waals surface area contributed by atoms with Gasteiger partial charge in [0.1, 0.15) is 11.5 Å². The smallest absolute Gasteiger partial charge is 0.235 e. The molecule has 0 amide bonds. The average Bonchev–Trinajstić information content (AvgIpc) is 3.70. The topological polar surface area (TPSA) is 43.2 Å². The maximum absolute atomic E-state index is 6.78. The lowest BCUT2D eigenvalue weighted by Crippen LogP contribution is -2.40. The third kappa shape index (κ3) is 5.37. The fourth-order valence-corrected chi connectivity index (χ4v) is 10.3. The first-order valence-corrected chi connectivity index (χ1v) is 21.7. The van der Waals surface area contributed by atoms with Crippen molar-refractivity contribution < 1.29 is 4.74 Å². The van der Waals surface area contributed by atoms with E-state index in [1.807, 2.05) is 12.1 Å². The molecule has 11 aromatic rings. The zero-order valence-corrected chi connectivity index (χ0v) is 34.6. The standard InChI is InChI=1S/C59H38N4O/c1-4-18-39(19-5-1)50-38-51(40-20-6-2-7-21-40)61-58(60-50)63-54-29-15-11-25-46(54)59(47-26-12-16-30-56(47)64-57-31-17-13-27-48(57)59)49-37-42(33-35-55(49)63)41-32-34-53-45(36-41)44-24-10-14-28-52(44)62(53)43-22-8-3-9-23-43/h1-38H. The van der Waals surface area contributed by atoms with Gasteiger partial charge in [-0.2, -0.15) is 0 Å². The molecule has 0 fully saturated rings. The lowest BCUT2D eigenvalue weighted by atomic mass is 9.61. The number of para-hydroxylation sites is 5. The van der Waals surface area contributed by atoms with Gasteiger partial charge in [0, 0.05) is 38.7 Å². The summed E-state index contributed by atoms with van der Waals surface area (Å²) in [5.74, 6) is 2.27. The number of rotatable bonds is 5. The van der Waals surface area contributed by atoms with Gasteiger partial charge in [-0.3, -0.25) is 4.90 Å². The molecule has 2 aromatic heterocycles. The van der Waals surface area contributed by atoms with E-state index in [4.69, 9.17) is 14.7 Å². The number of ether oxygens (including phenoxy) is 1. The summed E-state index contributed by atoms with van der Waals surface area (Å²) in [4.78, 5) is 13.1. The highest BCUT2D eigenvalue weighted by Gasteiger charge is 2.51. The van der Waals surface area contributed by atoms with Crippen LogP contribution in [0.3, 0.4) is 0 Å². The summed E-state index contributed by atoms with van der Waals surface area (Å²) in [7, 11) is 0. The molecule has 9 aromatic carbocycles. The number of hydrogen-bond donors (Lipinski definition) is 0. The van der Waals surface area contributed by atoms with Crippen molar-refractivity contribution in [2.24, 2.45) is 0 Å². The van der Waals surface area contributed by atoms with E-state index in [9.17, 15) is 0 Å². The van der Waals surface area contributed by atoms with Crippen molar-refractivity contribution in [1.29, 1.82) is 0 Å². The molecule has 0 saturated heterocycles. The minimum absolute atomic E-state index is 0.597. The Labute approximate surface area is 370 Å². The second kappa shape index (κ2) is 14.3. The van der Waals surface area contributed by atoms with Crippen molar-refractivity contribution in [1.82, 2.24) is 14.5 Å². The van der Waals surface area contributed by atoms with Crippen LogP contribution in [0.25, 0.3) is 61.1 Å². The number of aromatic nitrogens is 3. The molecule has 13 rings (SSSR count). The van der Waals surface area contributed by atoms with Crippen LogP contribution in [0.15, 0.2) is 231 Å². The fourth-order valence-electron chi connectivity index (χ4n) is 10.3. The zero-order chi connectivity index (χ0) is 42.2. The Hall–Kier alpha value is -8.54. The summed E-state index contributed by atoms with van der Waals surface area (Å²) < 4.78 is 9.15. The zero-order valence-electron chi connectivity index (χ0n) is 34.6. The molecule has 300 valence electrons. The Balaban J connectivity index is 1.10. The van der Waals surface area contributed by atoms with Crippen molar-refractivity contribution in [3.8, 4) is 50.8 Å². The predicted octanol–water partition coefficient (Wildman–Crippen LogP) is 14.8. The molecular formula is C59H38N4O. The number of nitrogens with zero attached hydrogens (tertiary/aromatic N) is 4. The number of fused-ring (bicyclic) bond motifs is 11. The Kier molecular flexibility index (Phi) is 8.06. The van der Waals surface area contributed by atoms with Gasteiger partial charge in [0.25, 0.3) is 0 Å². The lowest BCUT2D eigenvalue weighted by Gasteiger charge is -2.48. The number of benzene rings is 9. The third-order valence-corrected chi connectivity index (χ3v) is 13.1. The monoisotopic (exact) mass is 818 g/mol. The van der Waals surface area contributed by atoms with E-state index in [0.29, 0.717) is 5.95 Å². The molecule has 0 saturated carbocycles. The molecule has 5 nitrogen and oxygen atoms in total. The highest BCUT2D eigenvalue weighted by atomic mass is 16.5. The molecule has 2 aliphatic rings. The van der Waals surface area contributed by atoms with Crippen molar-refractivity contribution in [3.05, 3.63) is 253 Å². The largest absolute Gasteiger partial charge is 0.457 e. The van der Waals surface area contributed by atoms with E-state index >= 15 is 0 Å². The van der Waals surface area contributed by atoms with Crippen LogP contribution in [0, 0.1) is 0 Å². The van der Waals surface area contributed by atoms with Crippen LogP contribution in [0.4, 0.5) is 17.3 Å². The molecule has 0 unspecified atom stereocenters. The molecule has 4 heterocycles. The van der Waals surface area contributed by atoms with Gasteiger partial charge in [0.15, 0.2) is 0 Å². The lowest BCUT2D eigenvalue weighted by molar-refractivity contribution is 0.434. The second-order valence-electron chi connectivity index (χ2n) is 16.5. The van der Waals surface area contributed by atoms with Crippen LogP contribution in [-0.2, 0) is 5.41 Å². The van der Waals surface area contributed by atoms with Gasteiger partial charge < -0.3 is 9.30 Å². The van der Waals surface area contributed by atoms with E-state index in [1.54, 1.807) is 0 Å². The summed E-state index contributed by atoms with van der Waals surface area (Å²) >= 11 is 0. The number of anilines is 3. The third-order valence-electron chi connectivity index (χ3n) is 13.1. The van der Waals surface area contributed by atoms with Crippen molar-refractivity contribution >= 4 is 39.1 Å². The first-order chi connectivity index (χ1) is 31.7. The molecule has 0 radical (unpaired) electrons. The van der Waals surface area contributed by atoms with Crippen molar-refractivity contribution in [3.63, 3.8) is 0 Å². The van der Waals surface area contributed by atoms with Crippen LogP contribution >= 0.6 is 0 Å². The Morgan fingerprint density at radius 3 is 1.56 bits per heavy atom. The van der Waals surface area contributed by atoms with Gasteiger partial charge in [-0.1, -0.05) is 164 Å². The minimum atomic E-state index is -0.753. The fraction of sp³-hybridized carbons (Fsp3) is 0.0169. The van der Waals surface area contributed by atoms with Crippen molar-refractivity contribution in [2.45, 2.75) is 5.41 Å². The molecule has 0 aliphatic carbocycles. The van der Waals surface area contributed by atoms with Crippen molar-refractivity contribution in [2.75, 3.05) is 4.90 Å². The van der Waals surface area contributed by atoms with Gasteiger partial charge in [-0.25, -0.2) is 9.97 Å². The van der Waals surface area contributed by atoms with Gasteiger partial charge in [0.05, 0.1) is 39.2 Å². The highest BCUT2D eigenvalue weighted by molar-refractivity contribution is 6.10. The molecule has 5 heteroatoms. The maximum atomic E-state index is 6.78. The summed E-state index contributed by atoms with van der Waals surface area (Å²) in [6.45, 7) is 0. The predicted molar refractivity (Wildman–Crippen MR) is 259 cm³/mol. The van der Waals surface area contributed by atoms with Crippen LogP contribution in [0.5, 0.6) is 11.5 Å².